The van der Waals surface area contributed by atoms with Crippen LogP contribution in [-0.4, -0.2) is 11.0 Å². The topological polar surface area (TPSA) is 37.0 Å². The van der Waals surface area contributed by atoms with E-state index in [0.29, 0.717) is 12.0 Å². The van der Waals surface area contributed by atoms with Gasteiger partial charge in [0.1, 0.15) is 5.03 Å². The Bertz CT molecular complexity index is 835. The Hall–Kier alpha value is -2.46. The third-order valence-corrected chi connectivity index (χ3v) is 5.13. The Morgan fingerprint density at radius 1 is 0.889 bits per heavy atom. The number of hydrogen-bond acceptors (Lipinski definition) is 4. The lowest BCUT2D eigenvalue weighted by Gasteiger charge is -2.20. The SMILES string of the molecule is CC(C)CC(C)Nc1ccc(Nc2ccccc2)cc1Sc1ccccn1. The highest BCUT2D eigenvalue weighted by atomic mass is 32.2. The number of benzene rings is 2. The van der Waals surface area contributed by atoms with Gasteiger partial charge in [-0.2, -0.15) is 0 Å². The molecular weight excluding hydrogens is 350 g/mol. The normalized spacial score (nSPS) is 12.0. The molecule has 1 unspecified atom stereocenters. The molecule has 4 heteroatoms. The molecule has 2 aromatic carbocycles. The molecule has 1 heterocycles. The lowest BCUT2D eigenvalue weighted by molar-refractivity contribution is 0.539. The van der Waals surface area contributed by atoms with Crippen LogP contribution in [0, 0.1) is 5.92 Å². The summed E-state index contributed by atoms with van der Waals surface area (Å²) in [6, 6.07) is 23.2. The first kappa shape index (κ1) is 19.3. The summed E-state index contributed by atoms with van der Waals surface area (Å²) in [4.78, 5) is 5.64. The Labute approximate surface area is 166 Å². The first-order valence-electron chi connectivity index (χ1n) is 9.41. The van der Waals surface area contributed by atoms with Crippen molar-refractivity contribution in [2.24, 2.45) is 5.92 Å². The van der Waals surface area contributed by atoms with Crippen LogP contribution in [0.15, 0.2) is 82.8 Å². The van der Waals surface area contributed by atoms with Crippen molar-refractivity contribution in [1.29, 1.82) is 0 Å². The molecule has 3 rings (SSSR count). The van der Waals surface area contributed by atoms with Crippen molar-refractivity contribution in [3.8, 4) is 0 Å². The van der Waals surface area contributed by atoms with Gasteiger partial charge in [-0.1, -0.05) is 49.9 Å². The average Bonchev–Trinajstić information content (AvgIpc) is 2.65. The number of nitrogens with zero attached hydrogens (tertiary/aromatic N) is 1. The minimum Gasteiger partial charge on any atom is -0.382 e. The fraction of sp³-hybridized carbons (Fsp3) is 0.261. The van der Waals surface area contributed by atoms with Crippen molar-refractivity contribution in [3.63, 3.8) is 0 Å². The highest BCUT2D eigenvalue weighted by molar-refractivity contribution is 7.99. The van der Waals surface area contributed by atoms with Gasteiger partial charge in [-0.3, -0.25) is 0 Å². The molecule has 0 saturated heterocycles. The lowest BCUT2D eigenvalue weighted by Crippen LogP contribution is -2.17. The summed E-state index contributed by atoms with van der Waals surface area (Å²) >= 11 is 1.69. The molecule has 1 atom stereocenters. The first-order valence-corrected chi connectivity index (χ1v) is 10.2. The first-order chi connectivity index (χ1) is 13.1. The van der Waals surface area contributed by atoms with E-state index in [1.165, 1.54) is 4.90 Å². The molecule has 0 aliphatic heterocycles. The van der Waals surface area contributed by atoms with Crippen molar-refractivity contribution in [2.45, 2.75) is 43.2 Å². The summed E-state index contributed by atoms with van der Waals surface area (Å²) in [6.07, 6.45) is 2.97. The Balaban J connectivity index is 1.85. The standard InChI is InChI=1S/C23H27N3S/c1-17(2)15-18(3)25-21-13-12-20(26-19-9-5-4-6-10-19)16-22(21)27-23-11-7-8-14-24-23/h4-14,16-18,25-26H,15H2,1-3H3. The number of aromatic nitrogens is 1. The fourth-order valence-corrected chi connectivity index (χ4v) is 3.95. The molecule has 3 aromatic rings. The Morgan fingerprint density at radius 3 is 2.37 bits per heavy atom. The van der Waals surface area contributed by atoms with Crippen molar-refractivity contribution in [1.82, 2.24) is 4.98 Å². The van der Waals surface area contributed by atoms with Gasteiger partial charge < -0.3 is 10.6 Å². The van der Waals surface area contributed by atoms with Crippen molar-refractivity contribution in [3.05, 3.63) is 72.9 Å². The van der Waals surface area contributed by atoms with Gasteiger partial charge in [-0.05, 0) is 61.7 Å². The van der Waals surface area contributed by atoms with E-state index in [9.17, 15) is 0 Å². The summed E-state index contributed by atoms with van der Waals surface area (Å²) in [6.45, 7) is 6.76. The number of para-hydroxylation sites is 1. The van der Waals surface area contributed by atoms with Crippen molar-refractivity contribution < 1.29 is 0 Å². The average molecular weight is 378 g/mol. The van der Waals surface area contributed by atoms with E-state index < -0.39 is 0 Å². The molecular formula is C23H27N3S. The molecule has 0 radical (unpaired) electrons. The minimum atomic E-state index is 0.418. The van der Waals surface area contributed by atoms with Crippen LogP contribution >= 0.6 is 11.8 Å². The molecule has 2 N–H and O–H groups in total. The van der Waals surface area contributed by atoms with Gasteiger partial charge in [0.2, 0.25) is 0 Å². The Kier molecular flexibility index (Phi) is 6.77. The van der Waals surface area contributed by atoms with Gasteiger partial charge in [0.25, 0.3) is 0 Å². The third kappa shape index (κ3) is 6.04. The van der Waals surface area contributed by atoms with Gasteiger partial charge in [-0.15, -0.1) is 0 Å². The zero-order valence-electron chi connectivity index (χ0n) is 16.1. The van der Waals surface area contributed by atoms with Crippen LogP contribution in [0.2, 0.25) is 0 Å². The summed E-state index contributed by atoms with van der Waals surface area (Å²) < 4.78 is 0. The van der Waals surface area contributed by atoms with Crippen LogP contribution in [0.5, 0.6) is 0 Å². The second-order valence-corrected chi connectivity index (χ2v) is 8.21. The lowest BCUT2D eigenvalue weighted by atomic mass is 10.1. The van der Waals surface area contributed by atoms with E-state index in [0.717, 1.165) is 28.5 Å². The number of pyridine rings is 1. The Morgan fingerprint density at radius 2 is 1.67 bits per heavy atom. The van der Waals surface area contributed by atoms with E-state index in [-0.39, 0.29) is 0 Å². The summed E-state index contributed by atoms with van der Waals surface area (Å²) in [5.74, 6) is 0.665. The van der Waals surface area contributed by atoms with Crippen molar-refractivity contribution >= 4 is 28.8 Å². The predicted molar refractivity (Wildman–Crippen MR) is 117 cm³/mol. The van der Waals surface area contributed by atoms with E-state index >= 15 is 0 Å². The van der Waals surface area contributed by atoms with Gasteiger partial charge in [0.15, 0.2) is 0 Å². The number of nitrogens with one attached hydrogen (secondary N) is 2. The van der Waals surface area contributed by atoms with Crippen LogP contribution in [-0.2, 0) is 0 Å². The third-order valence-electron chi connectivity index (χ3n) is 4.12. The highest BCUT2D eigenvalue weighted by Crippen LogP contribution is 2.35. The molecule has 0 spiro atoms. The van der Waals surface area contributed by atoms with Crippen molar-refractivity contribution in [2.75, 3.05) is 10.6 Å². The van der Waals surface area contributed by atoms with Crippen LogP contribution in [0.4, 0.5) is 17.1 Å². The maximum Gasteiger partial charge on any atom is 0.101 e. The molecule has 0 amide bonds. The van der Waals surface area contributed by atoms with Gasteiger partial charge in [-0.25, -0.2) is 4.98 Å². The molecule has 0 bridgehead atoms. The molecule has 0 saturated carbocycles. The zero-order valence-corrected chi connectivity index (χ0v) is 17.0. The molecule has 0 aliphatic rings. The summed E-state index contributed by atoms with van der Waals surface area (Å²) in [7, 11) is 0. The number of anilines is 3. The molecule has 140 valence electrons. The molecule has 3 nitrogen and oxygen atoms in total. The van der Waals surface area contributed by atoms with Crippen LogP contribution in [0.25, 0.3) is 0 Å². The monoisotopic (exact) mass is 377 g/mol. The molecule has 27 heavy (non-hydrogen) atoms. The maximum absolute atomic E-state index is 4.47. The number of rotatable bonds is 8. The predicted octanol–water partition coefficient (Wildman–Crippen LogP) is 6.82. The van der Waals surface area contributed by atoms with Crippen LogP contribution in [0.1, 0.15) is 27.2 Å². The molecule has 0 aliphatic carbocycles. The van der Waals surface area contributed by atoms with E-state index in [4.69, 9.17) is 0 Å². The zero-order chi connectivity index (χ0) is 19.1. The van der Waals surface area contributed by atoms with E-state index in [1.807, 2.05) is 42.6 Å². The maximum atomic E-state index is 4.47. The van der Waals surface area contributed by atoms with Gasteiger partial charge in [0, 0.05) is 34.2 Å². The largest absolute Gasteiger partial charge is 0.382 e. The number of hydrogen-bond donors (Lipinski definition) is 2. The fourth-order valence-electron chi connectivity index (χ4n) is 3.04. The smallest absolute Gasteiger partial charge is 0.101 e. The second-order valence-electron chi connectivity index (χ2n) is 7.15. The quantitative estimate of drug-likeness (QED) is 0.451. The second kappa shape index (κ2) is 9.47. The molecule has 0 fully saturated rings. The summed E-state index contributed by atoms with van der Waals surface area (Å²) in [5, 5.41) is 8.15. The van der Waals surface area contributed by atoms with E-state index in [2.05, 4.69) is 66.7 Å². The summed E-state index contributed by atoms with van der Waals surface area (Å²) in [5.41, 5.74) is 3.30. The van der Waals surface area contributed by atoms with E-state index in [1.54, 1.807) is 11.8 Å². The van der Waals surface area contributed by atoms with Crippen LogP contribution < -0.4 is 10.6 Å². The highest BCUT2D eigenvalue weighted by Gasteiger charge is 2.11. The minimum absolute atomic E-state index is 0.418. The molecule has 1 aromatic heterocycles. The van der Waals surface area contributed by atoms with Gasteiger partial charge in [0.05, 0.1) is 0 Å². The van der Waals surface area contributed by atoms with Crippen LogP contribution in [0.3, 0.4) is 0 Å². The van der Waals surface area contributed by atoms with Gasteiger partial charge >= 0.3 is 0 Å².